The van der Waals surface area contributed by atoms with Gasteiger partial charge in [-0.05, 0) is 19.3 Å². The summed E-state index contributed by atoms with van der Waals surface area (Å²) in [5.41, 5.74) is 1.16. The Labute approximate surface area is 172 Å². The highest BCUT2D eigenvalue weighted by Crippen LogP contribution is 2.12. The van der Waals surface area contributed by atoms with E-state index in [1.807, 2.05) is 0 Å². The molecule has 1 aromatic rings. The average Bonchev–Trinajstić information content (AvgIpc) is 3.27. The van der Waals surface area contributed by atoms with Gasteiger partial charge in [0.1, 0.15) is 0 Å². The van der Waals surface area contributed by atoms with Crippen LogP contribution in [-0.4, -0.2) is 57.5 Å². The van der Waals surface area contributed by atoms with E-state index in [9.17, 15) is 0 Å². The van der Waals surface area contributed by atoms with Gasteiger partial charge in [-0.3, -0.25) is 4.99 Å². The Morgan fingerprint density at radius 1 is 1.44 bits per heavy atom. The maximum atomic E-state index is 5.70. The van der Waals surface area contributed by atoms with E-state index in [0.717, 1.165) is 76.9 Å². The number of thiazole rings is 1. The van der Waals surface area contributed by atoms with Crippen molar-refractivity contribution in [2.75, 3.05) is 46.6 Å². The zero-order valence-corrected chi connectivity index (χ0v) is 18.4. The molecule has 1 aromatic heterocycles. The Hall–Kier alpha value is -0.450. The standard InChI is InChI=1S/C17H30N4O2S.HI/c1-3-16-21-15(13-24-16)5-8-20-17(18-2)19-7-4-9-22-11-14-6-10-23-12-14;/h13-14H,3-12H2,1-2H3,(H2,18,19,20);1H. The van der Waals surface area contributed by atoms with Gasteiger partial charge in [0.2, 0.25) is 0 Å². The second-order valence-electron chi connectivity index (χ2n) is 5.92. The number of halogens is 1. The minimum Gasteiger partial charge on any atom is -0.381 e. The molecule has 1 fully saturated rings. The van der Waals surface area contributed by atoms with Crippen molar-refractivity contribution in [1.82, 2.24) is 15.6 Å². The second kappa shape index (κ2) is 13.7. The van der Waals surface area contributed by atoms with Gasteiger partial charge in [-0.1, -0.05) is 6.92 Å². The number of aryl methyl sites for hydroxylation is 1. The van der Waals surface area contributed by atoms with Gasteiger partial charge in [0, 0.05) is 51.1 Å². The fourth-order valence-electron chi connectivity index (χ4n) is 2.50. The van der Waals surface area contributed by atoms with Crippen LogP contribution in [-0.2, 0) is 22.3 Å². The first-order valence-corrected chi connectivity index (χ1v) is 9.73. The molecule has 2 heterocycles. The molecule has 0 radical (unpaired) electrons. The van der Waals surface area contributed by atoms with E-state index in [0.29, 0.717) is 5.92 Å². The zero-order chi connectivity index (χ0) is 17.0. The van der Waals surface area contributed by atoms with Crippen LogP contribution >= 0.6 is 35.3 Å². The number of nitrogens with zero attached hydrogens (tertiary/aromatic N) is 2. The minimum absolute atomic E-state index is 0. The quantitative estimate of drug-likeness (QED) is 0.232. The maximum Gasteiger partial charge on any atom is 0.190 e. The zero-order valence-electron chi connectivity index (χ0n) is 15.3. The summed E-state index contributed by atoms with van der Waals surface area (Å²) in [7, 11) is 1.80. The van der Waals surface area contributed by atoms with Crippen LogP contribution in [0, 0.1) is 5.92 Å². The van der Waals surface area contributed by atoms with E-state index in [1.54, 1.807) is 18.4 Å². The smallest absolute Gasteiger partial charge is 0.190 e. The highest BCUT2D eigenvalue weighted by Gasteiger charge is 2.15. The third kappa shape index (κ3) is 9.16. The predicted octanol–water partition coefficient (Wildman–Crippen LogP) is 2.47. The number of hydrogen-bond acceptors (Lipinski definition) is 5. The lowest BCUT2D eigenvalue weighted by Crippen LogP contribution is -2.39. The molecule has 1 atom stereocenters. The van der Waals surface area contributed by atoms with Gasteiger partial charge in [0.15, 0.2) is 5.96 Å². The molecule has 8 heteroatoms. The first-order valence-electron chi connectivity index (χ1n) is 8.85. The summed E-state index contributed by atoms with van der Waals surface area (Å²) in [4.78, 5) is 8.81. The summed E-state index contributed by atoms with van der Waals surface area (Å²) in [5, 5.41) is 9.99. The Morgan fingerprint density at radius 3 is 2.96 bits per heavy atom. The number of rotatable bonds is 10. The van der Waals surface area contributed by atoms with E-state index >= 15 is 0 Å². The van der Waals surface area contributed by atoms with E-state index in [4.69, 9.17) is 9.47 Å². The molecule has 25 heavy (non-hydrogen) atoms. The number of ether oxygens (including phenoxy) is 2. The first-order chi connectivity index (χ1) is 11.8. The molecular weight excluding hydrogens is 451 g/mol. The van der Waals surface area contributed by atoms with Gasteiger partial charge in [-0.25, -0.2) is 4.98 Å². The third-order valence-corrected chi connectivity index (χ3v) is 4.98. The third-order valence-electron chi connectivity index (χ3n) is 3.93. The number of nitrogens with one attached hydrogen (secondary N) is 2. The molecule has 1 aliphatic heterocycles. The Kier molecular flexibility index (Phi) is 12.4. The van der Waals surface area contributed by atoms with Crippen LogP contribution in [0.1, 0.15) is 30.5 Å². The summed E-state index contributed by atoms with van der Waals surface area (Å²) in [5.74, 6) is 1.43. The topological polar surface area (TPSA) is 67.8 Å². The van der Waals surface area contributed by atoms with Gasteiger partial charge in [-0.15, -0.1) is 35.3 Å². The van der Waals surface area contributed by atoms with Gasteiger partial charge < -0.3 is 20.1 Å². The molecule has 2 rings (SSSR count). The van der Waals surface area contributed by atoms with Crippen molar-refractivity contribution in [1.29, 1.82) is 0 Å². The highest BCUT2D eigenvalue weighted by molar-refractivity contribution is 14.0. The van der Waals surface area contributed by atoms with Crippen LogP contribution < -0.4 is 10.6 Å². The molecule has 0 bridgehead atoms. The monoisotopic (exact) mass is 482 g/mol. The van der Waals surface area contributed by atoms with E-state index in [2.05, 4.69) is 32.9 Å². The SMILES string of the molecule is CCc1nc(CCNC(=NC)NCCCOCC2CCOC2)cs1.I. The van der Waals surface area contributed by atoms with E-state index < -0.39 is 0 Å². The van der Waals surface area contributed by atoms with Crippen molar-refractivity contribution >= 4 is 41.3 Å². The fourth-order valence-corrected chi connectivity index (χ4v) is 3.28. The molecule has 0 spiro atoms. The maximum absolute atomic E-state index is 5.70. The summed E-state index contributed by atoms with van der Waals surface area (Å²) in [6, 6.07) is 0. The van der Waals surface area contributed by atoms with Crippen LogP contribution in [0.2, 0.25) is 0 Å². The molecule has 1 saturated heterocycles. The Bertz CT molecular complexity index is 493. The fraction of sp³-hybridized carbons (Fsp3) is 0.765. The molecular formula is C17H31IN4O2S. The average molecular weight is 482 g/mol. The lowest BCUT2D eigenvalue weighted by molar-refractivity contribution is 0.0888. The molecule has 2 N–H and O–H groups in total. The molecule has 6 nitrogen and oxygen atoms in total. The van der Waals surface area contributed by atoms with Crippen LogP contribution in [0.15, 0.2) is 10.4 Å². The molecule has 0 aromatic carbocycles. The number of hydrogen-bond donors (Lipinski definition) is 2. The molecule has 144 valence electrons. The normalized spacial score (nSPS) is 17.4. The van der Waals surface area contributed by atoms with E-state index in [-0.39, 0.29) is 24.0 Å². The first kappa shape index (κ1) is 22.6. The van der Waals surface area contributed by atoms with Gasteiger partial charge in [0.25, 0.3) is 0 Å². The van der Waals surface area contributed by atoms with Crippen LogP contribution in [0.3, 0.4) is 0 Å². The van der Waals surface area contributed by atoms with Crippen LogP contribution in [0.5, 0.6) is 0 Å². The predicted molar refractivity (Wildman–Crippen MR) is 114 cm³/mol. The molecule has 1 unspecified atom stereocenters. The lowest BCUT2D eigenvalue weighted by atomic mass is 10.1. The summed E-state index contributed by atoms with van der Waals surface area (Å²) < 4.78 is 11.0. The summed E-state index contributed by atoms with van der Waals surface area (Å²) in [6.45, 7) is 7.17. The van der Waals surface area contributed by atoms with Crippen molar-refractivity contribution in [3.8, 4) is 0 Å². The Morgan fingerprint density at radius 2 is 2.28 bits per heavy atom. The second-order valence-corrected chi connectivity index (χ2v) is 6.86. The highest BCUT2D eigenvalue weighted by atomic mass is 127. The summed E-state index contributed by atoms with van der Waals surface area (Å²) in [6.07, 6.45) is 4.04. The van der Waals surface area contributed by atoms with Gasteiger partial charge in [-0.2, -0.15) is 0 Å². The molecule has 1 aliphatic rings. The Balaban J connectivity index is 0.00000312. The van der Waals surface area contributed by atoms with E-state index in [1.165, 1.54) is 5.01 Å². The van der Waals surface area contributed by atoms with Gasteiger partial charge >= 0.3 is 0 Å². The van der Waals surface area contributed by atoms with Crippen molar-refractivity contribution in [3.63, 3.8) is 0 Å². The lowest BCUT2D eigenvalue weighted by Gasteiger charge is -2.12. The van der Waals surface area contributed by atoms with Crippen molar-refractivity contribution in [3.05, 3.63) is 16.1 Å². The largest absolute Gasteiger partial charge is 0.381 e. The number of aliphatic imine (C=N–C) groups is 1. The minimum atomic E-state index is 0. The number of aromatic nitrogens is 1. The van der Waals surface area contributed by atoms with Crippen LogP contribution in [0.4, 0.5) is 0 Å². The number of guanidine groups is 1. The molecule has 0 saturated carbocycles. The molecule has 0 amide bonds. The molecule has 0 aliphatic carbocycles. The van der Waals surface area contributed by atoms with Crippen molar-refractivity contribution in [2.45, 2.75) is 32.6 Å². The van der Waals surface area contributed by atoms with Gasteiger partial charge in [0.05, 0.1) is 23.9 Å². The van der Waals surface area contributed by atoms with Crippen LogP contribution in [0.25, 0.3) is 0 Å². The summed E-state index contributed by atoms with van der Waals surface area (Å²) >= 11 is 1.74. The van der Waals surface area contributed by atoms with Crippen molar-refractivity contribution in [2.24, 2.45) is 10.9 Å². The van der Waals surface area contributed by atoms with Crippen molar-refractivity contribution < 1.29 is 9.47 Å².